The first-order valence-electron chi connectivity index (χ1n) is 5.18. The Morgan fingerprint density at radius 1 is 1.25 bits per heavy atom. The molecule has 0 aliphatic carbocycles. The Balaban J connectivity index is 2.73. The van der Waals surface area contributed by atoms with Gasteiger partial charge in [-0.05, 0) is 33.8 Å². The van der Waals surface area contributed by atoms with E-state index in [2.05, 4.69) is 5.48 Å². The minimum absolute atomic E-state index is 0.254. The Kier molecular flexibility index (Phi) is 3.99. The first kappa shape index (κ1) is 13.1. The summed E-state index contributed by atoms with van der Waals surface area (Å²) in [6.45, 7) is 7.32. The van der Waals surface area contributed by atoms with Gasteiger partial charge in [-0.3, -0.25) is 4.84 Å². The number of benzene rings is 1. The van der Waals surface area contributed by atoms with Crippen LogP contribution in [0.15, 0.2) is 18.2 Å². The van der Waals surface area contributed by atoms with Crippen molar-refractivity contribution in [2.24, 2.45) is 0 Å². The van der Waals surface area contributed by atoms with E-state index >= 15 is 0 Å². The zero-order chi connectivity index (χ0) is 12.3. The second-order valence-corrected chi connectivity index (χ2v) is 4.70. The van der Waals surface area contributed by atoms with Crippen LogP contribution in [0.25, 0.3) is 0 Å². The summed E-state index contributed by atoms with van der Waals surface area (Å²) in [5.41, 5.74) is 2.58. The fourth-order valence-corrected chi connectivity index (χ4v) is 1.18. The van der Waals surface area contributed by atoms with E-state index in [4.69, 9.17) is 4.84 Å². The molecule has 0 amide bonds. The second-order valence-electron chi connectivity index (χ2n) is 4.70. The van der Waals surface area contributed by atoms with Gasteiger partial charge < -0.3 is 0 Å². The SMILES string of the molecule is CC(NOC(C)(C)C)c1cccc(F)c1F. The maximum atomic E-state index is 13.4. The van der Waals surface area contributed by atoms with Gasteiger partial charge in [0.2, 0.25) is 0 Å². The Bertz CT molecular complexity index is 361. The lowest BCUT2D eigenvalue weighted by molar-refractivity contribution is -0.0870. The number of hydroxylamine groups is 1. The van der Waals surface area contributed by atoms with Gasteiger partial charge in [-0.15, -0.1) is 0 Å². The first-order chi connectivity index (χ1) is 7.31. The molecule has 1 unspecified atom stereocenters. The summed E-state index contributed by atoms with van der Waals surface area (Å²) >= 11 is 0. The lowest BCUT2D eigenvalue weighted by Crippen LogP contribution is -2.31. The predicted molar refractivity (Wildman–Crippen MR) is 58.7 cm³/mol. The van der Waals surface area contributed by atoms with Gasteiger partial charge in [0.1, 0.15) is 0 Å². The molecule has 1 aromatic rings. The van der Waals surface area contributed by atoms with Crippen molar-refractivity contribution in [2.45, 2.75) is 39.3 Å². The summed E-state index contributed by atoms with van der Waals surface area (Å²) in [6.07, 6.45) is 0. The molecular formula is C12H17F2NO. The van der Waals surface area contributed by atoms with E-state index in [1.54, 1.807) is 6.92 Å². The predicted octanol–water partition coefficient (Wildman–Crippen LogP) is 3.35. The van der Waals surface area contributed by atoms with Crippen LogP contribution in [0.1, 0.15) is 39.3 Å². The van der Waals surface area contributed by atoms with Gasteiger partial charge >= 0.3 is 0 Å². The average Bonchev–Trinajstić information content (AvgIpc) is 2.17. The van der Waals surface area contributed by atoms with Crippen LogP contribution in [-0.4, -0.2) is 5.60 Å². The van der Waals surface area contributed by atoms with Gasteiger partial charge in [0.15, 0.2) is 11.6 Å². The summed E-state index contributed by atoms with van der Waals surface area (Å²) in [5.74, 6) is -1.68. The molecule has 0 aliphatic heterocycles. The van der Waals surface area contributed by atoms with Crippen molar-refractivity contribution in [2.75, 3.05) is 0 Å². The molecular weight excluding hydrogens is 212 g/mol. The number of halogens is 2. The molecule has 0 saturated heterocycles. The van der Waals surface area contributed by atoms with Crippen LogP contribution < -0.4 is 5.48 Å². The van der Waals surface area contributed by atoms with Crippen molar-refractivity contribution < 1.29 is 13.6 Å². The van der Waals surface area contributed by atoms with Gasteiger partial charge in [0.25, 0.3) is 0 Å². The molecule has 0 heterocycles. The van der Waals surface area contributed by atoms with E-state index in [0.29, 0.717) is 0 Å². The Labute approximate surface area is 94.6 Å². The minimum Gasteiger partial charge on any atom is -0.296 e. The highest BCUT2D eigenvalue weighted by atomic mass is 19.2. The number of rotatable bonds is 3. The van der Waals surface area contributed by atoms with E-state index in [0.717, 1.165) is 6.07 Å². The number of hydrogen-bond acceptors (Lipinski definition) is 2. The zero-order valence-electron chi connectivity index (χ0n) is 9.97. The lowest BCUT2D eigenvalue weighted by atomic mass is 10.1. The largest absolute Gasteiger partial charge is 0.296 e. The highest BCUT2D eigenvalue weighted by Gasteiger charge is 2.17. The zero-order valence-corrected chi connectivity index (χ0v) is 9.97. The molecule has 0 radical (unpaired) electrons. The van der Waals surface area contributed by atoms with Crippen LogP contribution in [0.4, 0.5) is 8.78 Å². The molecule has 0 spiro atoms. The van der Waals surface area contributed by atoms with Crippen LogP contribution in [0, 0.1) is 11.6 Å². The summed E-state index contributed by atoms with van der Waals surface area (Å²) in [7, 11) is 0. The van der Waals surface area contributed by atoms with E-state index in [9.17, 15) is 8.78 Å². The van der Waals surface area contributed by atoms with Gasteiger partial charge in [0, 0.05) is 5.56 Å². The third kappa shape index (κ3) is 3.54. The third-order valence-electron chi connectivity index (χ3n) is 1.99. The molecule has 1 N–H and O–H groups in total. The number of nitrogens with one attached hydrogen (secondary N) is 1. The maximum Gasteiger partial charge on any atom is 0.163 e. The van der Waals surface area contributed by atoms with Crippen molar-refractivity contribution >= 4 is 0 Å². The van der Waals surface area contributed by atoms with E-state index < -0.39 is 17.7 Å². The molecule has 90 valence electrons. The third-order valence-corrected chi connectivity index (χ3v) is 1.99. The van der Waals surface area contributed by atoms with Crippen LogP contribution in [0.2, 0.25) is 0 Å². The molecule has 1 rings (SSSR count). The van der Waals surface area contributed by atoms with Gasteiger partial charge in [-0.25, -0.2) is 8.78 Å². The summed E-state index contributed by atoms with van der Waals surface area (Å²) in [5, 5.41) is 0. The number of hydrogen-bond donors (Lipinski definition) is 1. The van der Waals surface area contributed by atoms with Crippen LogP contribution in [-0.2, 0) is 4.84 Å². The quantitative estimate of drug-likeness (QED) is 0.802. The standard InChI is InChI=1S/C12H17F2NO/c1-8(15-16-12(2,3)4)9-6-5-7-10(13)11(9)14/h5-8,15H,1-4H3. The monoisotopic (exact) mass is 229 g/mol. The van der Waals surface area contributed by atoms with Crippen LogP contribution in [0.5, 0.6) is 0 Å². The highest BCUT2D eigenvalue weighted by molar-refractivity contribution is 5.21. The molecule has 4 heteroatoms. The van der Waals surface area contributed by atoms with Gasteiger partial charge in [-0.1, -0.05) is 12.1 Å². The highest BCUT2D eigenvalue weighted by Crippen LogP contribution is 2.19. The van der Waals surface area contributed by atoms with Crippen molar-refractivity contribution in [1.29, 1.82) is 0 Å². The van der Waals surface area contributed by atoms with Crippen molar-refractivity contribution in [1.82, 2.24) is 5.48 Å². The van der Waals surface area contributed by atoms with E-state index in [1.165, 1.54) is 12.1 Å². The van der Waals surface area contributed by atoms with Crippen LogP contribution >= 0.6 is 0 Å². The average molecular weight is 229 g/mol. The normalized spacial score (nSPS) is 13.9. The Morgan fingerprint density at radius 2 is 1.88 bits per heavy atom. The molecule has 0 saturated carbocycles. The molecule has 0 bridgehead atoms. The van der Waals surface area contributed by atoms with Crippen molar-refractivity contribution in [3.63, 3.8) is 0 Å². The molecule has 0 fully saturated rings. The molecule has 2 nitrogen and oxygen atoms in total. The lowest BCUT2D eigenvalue weighted by Gasteiger charge is -2.23. The minimum atomic E-state index is -0.845. The summed E-state index contributed by atoms with van der Waals surface area (Å²) < 4.78 is 26.4. The second kappa shape index (κ2) is 4.89. The maximum absolute atomic E-state index is 13.4. The fourth-order valence-electron chi connectivity index (χ4n) is 1.18. The van der Waals surface area contributed by atoms with Gasteiger partial charge in [-0.2, -0.15) is 5.48 Å². The topological polar surface area (TPSA) is 21.3 Å². The fraction of sp³-hybridized carbons (Fsp3) is 0.500. The molecule has 0 aliphatic rings. The summed E-state index contributed by atoms with van der Waals surface area (Å²) in [4.78, 5) is 5.30. The molecule has 1 aromatic carbocycles. The Hall–Kier alpha value is -1.00. The van der Waals surface area contributed by atoms with E-state index in [1.807, 2.05) is 20.8 Å². The molecule has 16 heavy (non-hydrogen) atoms. The summed E-state index contributed by atoms with van der Waals surface area (Å²) in [6, 6.07) is 3.69. The Morgan fingerprint density at radius 3 is 2.44 bits per heavy atom. The molecule has 0 aromatic heterocycles. The van der Waals surface area contributed by atoms with Crippen molar-refractivity contribution in [3.05, 3.63) is 35.4 Å². The smallest absolute Gasteiger partial charge is 0.163 e. The molecule has 1 atom stereocenters. The first-order valence-corrected chi connectivity index (χ1v) is 5.18. The van der Waals surface area contributed by atoms with Gasteiger partial charge in [0.05, 0.1) is 11.6 Å². The van der Waals surface area contributed by atoms with Crippen LogP contribution in [0.3, 0.4) is 0 Å². The van der Waals surface area contributed by atoms with E-state index in [-0.39, 0.29) is 11.2 Å². The van der Waals surface area contributed by atoms with Crippen molar-refractivity contribution in [3.8, 4) is 0 Å².